The average Bonchev–Trinajstić information content (AvgIpc) is 2.70. The number of anilines is 1. The summed E-state index contributed by atoms with van der Waals surface area (Å²) in [6.45, 7) is 2.88. The first kappa shape index (κ1) is 18.6. The minimum absolute atomic E-state index is 0.245. The van der Waals surface area contributed by atoms with Crippen LogP contribution in [0.4, 0.5) is 5.95 Å². The van der Waals surface area contributed by atoms with E-state index in [1.54, 1.807) is 0 Å². The molecular formula is C20H31N5O2. The van der Waals surface area contributed by atoms with Crippen molar-refractivity contribution in [1.82, 2.24) is 19.8 Å². The molecule has 1 aromatic heterocycles. The predicted molar refractivity (Wildman–Crippen MR) is 103 cm³/mol. The zero-order valence-electron chi connectivity index (χ0n) is 16.3. The molecule has 0 bridgehead atoms. The van der Waals surface area contributed by atoms with Crippen LogP contribution in [0, 0.1) is 0 Å². The first-order chi connectivity index (χ1) is 13.1. The van der Waals surface area contributed by atoms with Gasteiger partial charge in [0.05, 0.1) is 18.8 Å². The number of carbonyl (C=O) groups excluding carboxylic acids is 1. The Labute approximate surface area is 161 Å². The lowest BCUT2D eigenvalue weighted by Gasteiger charge is -2.44. The Kier molecular flexibility index (Phi) is 5.32. The number of fused-ring (bicyclic) bond motifs is 2. The van der Waals surface area contributed by atoms with Crippen LogP contribution in [0.5, 0.6) is 0 Å². The molecule has 0 radical (unpaired) electrons. The maximum absolute atomic E-state index is 12.7. The highest BCUT2D eigenvalue weighted by molar-refractivity contribution is 5.78. The number of piperidine rings is 1. The molecule has 1 saturated carbocycles. The number of nitrogens with zero attached hydrogens (tertiary/aromatic N) is 4. The fourth-order valence-electron chi connectivity index (χ4n) is 4.85. The summed E-state index contributed by atoms with van der Waals surface area (Å²) in [5.41, 5.74) is 7.58. The minimum Gasteiger partial charge on any atom is -0.368 e. The van der Waals surface area contributed by atoms with Crippen LogP contribution in [-0.2, 0) is 21.6 Å². The van der Waals surface area contributed by atoms with E-state index in [0.29, 0.717) is 25.1 Å². The summed E-state index contributed by atoms with van der Waals surface area (Å²) >= 11 is 0. The quantitative estimate of drug-likeness (QED) is 0.868. The van der Waals surface area contributed by atoms with Crippen molar-refractivity contribution in [3.63, 3.8) is 0 Å². The summed E-state index contributed by atoms with van der Waals surface area (Å²) < 4.78 is 6.22. The van der Waals surface area contributed by atoms with Crippen LogP contribution in [0.3, 0.4) is 0 Å². The summed E-state index contributed by atoms with van der Waals surface area (Å²) in [6, 6.07) is 0.426. The van der Waals surface area contributed by atoms with E-state index in [0.717, 1.165) is 56.5 Å². The molecule has 4 rings (SSSR count). The highest BCUT2D eigenvalue weighted by atomic mass is 16.5. The largest absolute Gasteiger partial charge is 0.368 e. The lowest BCUT2D eigenvalue weighted by atomic mass is 9.83. The average molecular weight is 374 g/mol. The van der Waals surface area contributed by atoms with Gasteiger partial charge in [-0.2, -0.15) is 0 Å². The normalized spacial score (nSPS) is 23.1. The van der Waals surface area contributed by atoms with E-state index in [1.807, 2.05) is 18.1 Å². The molecule has 148 valence electrons. The summed E-state index contributed by atoms with van der Waals surface area (Å²) in [5, 5.41) is 0. The Bertz CT molecular complexity index is 681. The van der Waals surface area contributed by atoms with Gasteiger partial charge in [-0.25, -0.2) is 9.97 Å². The van der Waals surface area contributed by atoms with Gasteiger partial charge in [-0.1, -0.05) is 19.3 Å². The molecule has 1 saturated heterocycles. The van der Waals surface area contributed by atoms with E-state index in [9.17, 15) is 4.79 Å². The van der Waals surface area contributed by atoms with Gasteiger partial charge in [-0.3, -0.25) is 9.69 Å². The molecule has 1 spiro atoms. The fraction of sp³-hybridized carbons (Fsp3) is 0.750. The number of amides is 1. The lowest BCUT2D eigenvalue weighted by molar-refractivity contribution is -0.137. The third-order valence-corrected chi connectivity index (χ3v) is 6.60. The number of hydrogen-bond donors (Lipinski definition) is 1. The summed E-state index contributed by atoms with van der Waals surface area (Å²) in [4.78, 5) is 25.6. The van der Waals surface area contributed by atoms with Crippen LogP contribution in [0.1, 0.15) is 56.2 Å². The van der Waals surface area contributed by atoms with E-state index in [1.165, 1.54) is 19.3 Å². The number of rotatable bonds is 3. The molecule has 1 aliphatic carbocycles. The van der Waals surface area contributed by atoms with E-state index < -0.39 is 0 Å². The highest BCUT2D eigenvalue weighted by Gasteiger charge is 2.42. The van der Waals surface area contributed by atoms with Crippen LogP contribution in [0.25, 0.3) is 0 Å². The van der Waals surface area contributed by atoms with E-state index in [4.69, 9.17) is 10.5 Å². The van der Waals surface area contributed by atoms with Gasteiger partial charge in [-0.15, -0.1) is 0 Å². The Morgan fingerprint density at radius 2 is 2.07 bits per heavy atom. The van der Waals surface area contributed by atoms with Gasteiger partial charge in [0.1, 0.15) is 5.60 Å². The van der Waals surface area contributed by atoms with Gasteiger partial charge in [0.15, 0.2) is 0 Å². The molecule has 0 aromatic carbocycles. The molecule has 3 aliphatic rings. The molecule has 1 aromatic rings. The smallest absolute Gasteiger partial charge is 0.236 e. The van der Waals surface area contributed by atoms with Crippen LogP contribution in [0.2, 0.25) is 0 Å². The first-order valence-corrected chi connectivity index (χ1v) is 10.3. The molecule has 3 heterocycles. The maximum Gasteiger partial charge on any atom is 0.236 e. The van der Waals surface area contributed by atoms with Crippen molar-refractivity contribution in [2.75, 3.05) is 39.0 Å². The fourth-order valence-corrected chi connectivity index (χ4v) is 4.85. The molecule has 0 unspecified atom stereocenters. The second kappa shape index (κ2) is 7.72. The highest BCUT2D eigenvalue weighted by Crippen LogP contribution is 2.40. The number of likely N-dealkylation sites (tertiary alicyclic amines) is 1. The number of ether oxygens (including phenoxy) is 1. The SMILES string of the molecule is CN(C(=O)CN1CCC2(CC1)OCCc1cnc(N)nc12)C1CCCCC1. The van der Waals surface area contributed by atoms with E-state index in [-0.39, 0.29) is 11.5 Å². The second-order valence-electron chi connectivity index (χ2n) is 8.27. The Hall–Kier alpha value is -1.73. The molecule has 27 heavy (non-hydrogen) atoms. The maximum atomic E-state index is 12.7. The van der Waals surface area contributed by atoms with Crippen molar-refractivity contribution >= 4 is 11.9 Å². The predicted octanol–water partition coefficient (Wildman–Crippen LogP) is 1.71. The molecule has 2 aliphatic heterocycles. The van der Waals surface area contributed by atoms with Crippen LogP contribution in [-0.4, -0.2) is 65.0 Å². The van der Waals surface area contributed by atoms with Gasteiger partial charge < -0.3 is 15.4 Å². The molecule has 0 atom stereocenters. The summed E-state index contributed by atoms with van der Waals surface area (Å²) in [7, 11) is 1.98. The third-order valence-electron chi connectivity index (χ3n) is 6.60. The molecule has 1 amide bonds. The van der Waals surface area contributed by atoms with Gasteiger partial charge in [0.25, 0.3) is 0 Å². The molecule has 7 nitrogen and oxygen atoms in total. The van der Waals surface area contributed by atoms with Crippen molar-refractivity contribution < 1.29 is 9.53 Å². The van der Waals surface area contributed by atoms with Crippen molar-refractivity contribution in [2.24, 2.45) is 0 Å². The van der Waals surface area contributed by atoms with Gasteiger partial charge in [0, 0.05) is 32.4 Å². The number of nitrogen functional groups attached to an aromatic ring is 1. The minimum atomic E-state index is -0.362. The zero-order chi connectivity index (χ0) is 18.9. The van der Waals surface area contributed by atoms with Gasteiger partial charge in [0.2, 0.25) is 11.9 Å². The van der Waals surface area contributed by atoms with Crippen molar-refractivity contribution in [3.05, 3.63) is 17.5 Å². The zero-order valence-corrected chi connectivity index (χ0v) is 16.3. The van der Waals surface area contributed by atoms with Crippen molar-refractivity contribution in [2.45, 2.75) is 63.0 Å². The molecular weight excluding hydrogens is 342 g/mol. The number of aromatic nitrogens is 2. The van der Waals surface area contributed by atoms with Crippen LogP contribution >= 0.6 is 0 Å². The number of carbonyl (C=O) groups is 1. The number of nitrogens with two attached hydrogens (primary N) is 1. The Morgan fingerprint density at radius 3 is 2.81 bits per heavy atom. The van der Waals surface area contributed by atoms with Crippen LogP contribution in [0.15, 0.2) is 6.20 Å². The standard InChI is InChI=1S/C20H31N5O2/c1-24(16-5-3-2-4-6-16)17(26)14-25-10-8-20(9-11-25)18-15(7-12-27-20)13-22-19(21)23-18/h13,16H,2-12,14H2,1H3,(H2,21,22,23). The number of likely N-dealkylation sites (N-methyl/N-ethyl adjacent to an activating group) is 1. The first-order valence-electron chi connectivity index (χ1n) is 10.3. The van der Waals surface area contributed by atoms with E-state index >= 15 is 0 Å². The topological polar surface area (TPSA) is 84.6 Å². The van der Waals surface area contributed by atoms with Crippen molar-refractivity contribution in [1.29, 1.82) is 0 Å². The van der Waals surface area contributed by atoms with Gasteiger partial charge >= 0.3 is 0 Å². The molecule has 2 N–H and O–H groups in total. The summed E-state index contributed by atoms with van der Waals surface area (Å²) in [6.07, 6.45) is 10.5. The lowest BCUT2D eigenvalue weighted by Crippen LogP contribution is -2.50. The van der Waals surface area contributed by atoms with E-state index in [2.05, 4.69) is 14.9 Å². The molecule has 7 heteroatoms. The molecule has 2 fully saturated rings. The number of hydrogen-bond acceptors (Lipinski definition) is 6. The van der Waals surface area contributed by atoms with Crippen LogP contribution < -0.4 is 5.73 Å². The monoisotopic (exact) mass is 373 g/mol. The van der Waals surface area contributed by atoms with Crippen molar-refractivity contribution in [3.8, 4) is 0 Å². The van der Waals surface area contributed by atoms with Gasteiger partial charge in [-0.05, 0) is 37.7 Å². The summed E-state index contributed by atoms with van der Waals surface area (Å²) in [5.74, 6) is 0.555. The third kappa shape index (κ3) is 3.80. The Morgan fingerprint density at radius 1 is 1.33 bits per heavy atom. The Balaban J connectivity index is 1.37. The second-order valence-corrected chi connectivity index (χ2v) is 8.27.